The van der Waals surface area contributed by atoms with Crippen LogP contribution in [0.25, 0.3) is 0 Å². The number of rotatable bonds is 3. The Kier molecular flexibility index (Phi) is 3.60. The summed E-state index contributed by atoms with van der Waals surface area (Å²) in [7, 11) is -3.51. The zero-order valence-electron chi connectivity index (χ0n) is 9.91. The van der Waals surface area contributed by atoms with Gasteiger partial charge in [0.1, 0.15) is 4.90 Å². The van der Waals surface area contributed by atoms with Gasteiger partial charge >= 0.3 is 0 Å². The van der Waals surface area contributed by atoms with E-state index in [1.165, 1.54) is 22.8 Å². The largest absolute Gasteiger partial charge is 0.284 e. The van der Waals surface area contributed by atoms with E-state index < -0.39 is 10.0 Å². The molecule has 8 heteroatoms. The highest BCUT2D eigenvalue weighted by Crippen LogP contribution is 2.25. The Bertz CT molecular complexity index is 548. The molecule has 0 aliphatic carbocycles. The number of aromatic nitrogens is 2. The van der Waals surface area contributed by atoms with Gasteiger partial charge in [0, 0.05) is 18.8 Å². The predicted octanol–water partition coefficient (Wildman–Crippen LogP) is 0.287. The SMILES string of the molecule is CC1CC(N=C=O)CCN1S(=O)(=O)c1cn[nH]c1. The average Bonchev–Trinajstić information content (AvgIpc) is 2.83. The van der Waals surface area contributed by atoms with Gasteiger partial charge in [-0.15, -0.1) is 0 Å². The Labute approximate surface area is 105 Å². The first-order valence-corrected chi connectivity index (χ1v) is 7.07. The van der Waals surface area contributed by atoms with Gasteiger partial charge in [0.25, 0.3) is 0 Å². The van der Waals surface area contributed by atoms with Crippen LogP contribution in [0, 0.1) is 0 Å². The molecule has 1 N–H and O–H groups in total. The molecule has 1 aromatic rings. The molecule has 0 radical (unpaired) electrons. The monoisotopic (exact) mass is 270 g/mol. The first kappa shape index (κ1) is 12.9. The van der Waals surface area contributed by atoms with Crippen LogP contribution < -0.4 is 0 Å². The third kappa shape index (κ3) is 2.35. The molecule has 2 rings (SSSR count). The molecule has 0 amide bonds. The summed E-state index contributed by atoms with van der Waals surface area (Å²) in [6, 6.07) is -0.325. The Morgan fingerprint density at radius 1 is 1.61 bits per heavy atom. The Morgan fingerprint density at radius 3 is 2.94 bits per heavy atom. The van der Waals surface area contributed by atoms with Gasteiger partial charge in [0.15, 0.2) is 0 Å². The van der Waals surface area contributed by atoms with Gasteiger partial charge in [0.05, 0.1) is 12.2 Å². The minimum absolute atomic E-state index is 0.131. The number of hydrogen-bond donors (Lipinski definition) is 1. The lowest BCUT2D eigenvalue weighted by Crippen LogP contribution is -2.45. The van der Waals surface area contributed by atoms with E-state index in [9.17, 15) is 13.2 Å². The van der Waals surface area contributed by atoms with E-state index in [1.807, 2.05) is 6.92 Å². The number of isocyanates is 1. The number of piperidine rings is 1. The molecule has 0 aromatic carbocycles. The highest BCUT2D eigenvalue weighted by Gasteiger charge is 2.34. The summed E-state index contributed by atoms with van der Waals surface area (Å²) >= 11 is 0. The first-order chi connectivity index (χ1) is 8.55. The summed E-state index contributed by atoms with van der Waals surface area (Å²) in [4.78, 5) is 14.0. The summed E-state index contributed by atoms with van der Waals surface area (Å²) in [5, 5.41) is 6.15. The molecule has 98 valence electrons. The molecule has 18 heavy (non-hydrogen) atoms. The molecule has 1 aromatic heterocycles. The van der Waals surface area contributed by atoms with Crippen molar-refractivity contribution in [3.63, 3.8) is 0 Å². The maximum Gasteiger partial charge on any atom is 0.246 e. The van der Waals surface area contributed by atoms with E-state index in [1.54, 1.807) is 0 Å². The lowest BCUT2D eigenvalue weighted by atomic mass is 10.0. The second-order valence-corrected chi connectivity index (χ2v) is 6.19. The number of nitrogens with one attached hydrogen (secondary N) is 1. The normalized spacial score (nSPS) is 25.6. The fraction of sp³-hybridized carbons (Fsp3) is 0.600. The summed E-state index contributed by atoms with van der Waals surface area (Å²) in [6.07, 6.45) is 5.25. The van der Waals surface area contributed by atoms with Gasteiger partial charge < -0.3 is 0 Å². The fourth-order valence-electron chi connectivity index (χ4n) is 2.19. The van der Waals surface area contributed by atoms with Crippen molar-refractivity contribution in [2.45, 2.75) is 36.7 Å². The standard InChI is InChI=1S/C10H14N4O3S/c1-8-4-9(11-7-15)2-3-14(8)18(16,17)10-5-12-13-6-10/h5-6,8-9H,2-4H2,1H3,(H,12,13). The summed E-state index contributed by atoms with van der Waals surface area (Å²) in [6.45, 7) is 2.16. The van der Waals surface area contributed by atoms with Gasteiger partial charge in [-0.1, -0.05) is 0 Å². The Hall–Kier alpha value is -1.50. The lowest BCUT2D eigenvalue weighted by molar-refractivity contribution is 0.248. The molecule has 0 spiro atoms. The molecule has 7 nitrogen and oxygen atoms in total. The quantitative estimate of drug-likeness (QED) is 0.630. The second kappa shape index (κ2) is 5.01. The summed E-state index contributed by atoms with van der Waals surface area (Å²) in [5.74, 6) is 0. The van der Waals surface area contributed by atoms with Crippen LogP contribution in [0.1, 0.15) is 19.8 Å². The van der Waals surface area contributed by atoms with E-state index in [0.29, 0.717) is 19.4 Å². The van der Waals surface area contributed by atoms with E-state index >= 15 is 0 Å². The first-order valence-electron chi connectivity index (χ1n) is 5.63. The van der Waals surface area contributed by atoms with Gasteiger partial charge in [-0.2, -0.15) is 9.40 Å². The Balaban J connectivity index is 2.19. The highest BCUT2D eigenvalue weighted by atomic mass is 32.2. The zero-order valence-corrected chi connectivity index (χ0v) is 10.7. The molecule has 2 heterocycles. The number of H-pyrrole nitrogens is 1. The van der Waals surface area contributed by atoms with Crippen LogP contribution in [0.3, 0.4) is 0 Å². The number of aromatic amines is 1. The molecule has 2 atom stereocenters. The maximum absolute atomic E-state index is 12.3. The predicted molar refractivity (Wildman–Crippen MR) is 63.1 cm³/mol. The molecular weight excluding hydrogens is 256 g/mol. The van der Waals surface area contributed by atoms with Crippen LogP contribution in [0.5, 0.6) is 0 Å². The molecule has 1 aliphatic rings. The van der Waals surface area contributed by atoms with Crippen LogP contribution in [0.4, 0.5) is 0 Å². The number of hydrogen-bond acceptors (Lipinski definition) is 5. The van der Waals surface area contributed by atoms with Crippen molar-refractivity contribution >= 4 is 16.1 Å². The summed E-state index contributed by atoms with van der Waals surface area (Å²) in [5.41, 5.74) is 0. The van der Waals surface area contributed by atoms with Crippen molar-refractivity contribution in [2.75, 3.05) is 6.54 Å². The third-order valence-electron chi connectivity index (χ3n) is 3.10. The van der Waals surface area contributed by atoms with Crippen molar-refractivity contribution in [3.8, 4) is 0 Å². The molecule has 0 bridgehead atoms. The average molecular weight is 270 g/mol. The molecule has 1 fully saturated rings. The minimum atomic E-state index is -3.51. The van der Waals surface area contributed by atoms with E-state index in [0.717, 1.165) is 0 Å². The van der Waals surface area contributed by atoms with Crippen molar-refractivity contribution in [2.24, 2.45) is 4.99 Å². The molecule has 1 saturated heterocycles. The number of aliphatic imine (C=N–C) groups is 1. The number of nitrogens with zero attached hydrogens (tertiary/aromatic N) is 3. The van der Waals surface area contributed by atoms with Crippen molar-refractivity contribution in [1.82, 2.24) is 14.5 Å². The van der Waals surface area contributed by atoms with Crippen LogP contribution >= 0.6 is 0 Å². The van der Waals surface area contributed by atoms with Gasteiger partial charge in [-0.3, -0.25) is 5.10 Å². The second-order valence-electron chi connectivity index (χ2n) is 4.30. The van der Waals surface area contributed by atoms with Crippen LogP contribution in [-0.4, -0.2) is 47.6 Å². The topological polar surface area (TPSA) is 95.5 Å². The van der Waals surface area contributed by atoms with Crippen LogP contribution in [-0.2, 0) is 14.8 Å². The molecule has 1 aliphatic heterocycles. The smallest absolute Gasteiger partial charge is 0.246 e. The van der Waals surface area contributed by atoms with E-state index in [2.05, 4.69) is 15.2 Å². The van der Waals surface area contributed by atoms with E-state index in [-0.39, 0.29) is 17.0 Å². The molecule has 2 unspecified atom stereocenters. The maximum atomic E-state index is 12.3. The van der Waals surface area contributed by atoms with Crippen LogP contribution in [0.15, 0.2) is 22.3 Å². The van der Waals surface area contributed by atoms with Crippen LogP contribution in [0.2, 0.25) is 0 Å². The van der Waals surface area contributed by atoms with Crippen molar-refractivity contribution in [3.05, 3.63) is 12.4 Å². The molecule has 0 saturated carbocycles. The Morgan fingerprint density at radius 2 is 2.39 bits per heavy atom. The number of sulfonamides is 1. The summed E-state index contributed by atoms with van der Waals surface area (Å²) < 4.78 is 26.0. The van der Waals surface area contributed by atoms with Crippen molar-refractivity contribution in [1.29, 1.82) is 0 Å². The highest BCUT2D eigenvalue weighted by molar-refractivity contribution is 7.89. The van der Waals surface area contributed by atoms with Crippen molar-refractivity contribution < 1.29 is 13.2 Å². The van der Waals surface area contributed by atoms with E-state index in [4.69, 9.17) is 0 Å². The lowest BCUT2D eigenvalue weighted by Gasteiger charge is -2.34. The van der Waals surface area contributed by atoms with Gasteiger partial charge in [-0.05, 0) is 19.8 Å². The fourth-order valence-corrected chi connectivity index (χ4v) is 3.75. The zero-order chi connectivity index (χ0) is 13.2. The number of carbonyl (C=O) groups excluding carboxylic acids is 1. The van der Waals surface area contributed by atoms with Gasteiger partial charge in [0.2, 0.25) is 16.1 Å². The molecular formula is C10H14N4O3S. The van der Waals surface area contributed by atoms with Gasteiger partial charge in [-0.25, -0.2) is 18.2 Å². The minimum Gasteiger partial charge on any atom is -0.284 e. The third-order valence-corrected chi connectivity index (χ3v) is 5.08.